The minimum atomic E-state index is 0.450. The van der Waals surface area contributed by atoms with Crippen molar-refractivity contribution in [2.24, 2.45) is 0 Å². The Labute approximate surface area is 74.6 Å². The van der Waals surface area contributed by atoms with E-state index < -0.39 is 0 Å². The first-order chi connectivity index (χ1) is 5.83. The minimum absolute atomic E-state index is 0.450. The van der Waals surface area contributed by atoms with Gasteiger partial charge in [0.25, 0.3) is 0 Å². The average molecular weight is 170 g/mol. The number of rotatable bonds is 4. The largest absolute Gasteiger partial charge is 0.382 e. The van der Waals surface area contributed by atoms with E-state index in [0.29, 0.717) is 12.7 Å². The van der Waals surface area contributed by atoms with Gasteiger partial charge in [-0.2, -0.15) is 0 Å². The molecule has 12 heavy (non-hydrogen) atoms. The molecule has 0 amide bonds. The number of methoxy groups -OCH3 is 1. The van der Waals surface area contributed by atoms with Crippen LogP contribution < -0.4 is 0 Å². The van der Waals surface area contributed by atoms with Crippen molar-refractivity contribution in [2.75, 3.05) is 20.3 Å². The fourth-order valence-electron chi connectivity index (χ4n) is 1.46. The van der Waals surface area contributed by atoms with Crippen LogP contribution in [0.4, 0.5) is 0 Å². The van der Waals surface area contributed by atoms with Crippen molar-refractivity contribution in [3.8, 4) is 0 Å². The Hall–Kier alpha value is -0.340. The predicted molar refractivity (Wildman–Crippen MR) is 49.2 cm³/mol. The summed E-state index contributed by atoms with van der Waals surface area (Å²) >= 11 is 0. The van der Waals surface area contributed by atoms with E-state index >= 15 is 0 Å². The summed E-state index contributed by atoms with van der Waals surface area (Å²) in [5.74, 6) is 0. The standard InChI is InChI=1S/C10H18O2/c1-9-3-5-10(6-4-9)12-8-7-11-2/h10H,1,3-8H2,2H3. The zero-order valence-electron chi connectivity index (χ0n) is 7.84. The summed E-state index contributed by atoms with van der Waals surface area (Å²) in [6, 6.07) is 0. The second-order valence-electron chi connectivity index (χ2n) is 3.31. The highest BCUT2D eigenvalue weighted by Gasteiger charge is 2.15. The monoisotopic (exact) mass is 170 g/mol. The van der Waals surface area contributed by atoms with Gasteiger partial charge in [0.15, 0.2) is 0 Å². The molecule has 0 radical (unpaired) electrons. The summed E-state index contributed by atoms with van der Waals surface area (Å²) in [5, 5.41) is 0. The molecule has 0 aliphatic heterocycles. The van der Waals surface area contributed by atoms with E-state index in [-0.39, 0.29) is 0 Å². The fraction of sp³-hybridized carbons (Fsp3) is 0.800. The molecule has 0 unspecified atom stereocenters. The molecular weight excluding hydrogens is 152 g/mol. The van der Waals surface area contributed by atoms with Crippen molar-refractivity contribution >= 4 is 0 Å². The van der Waals surface area contributed by atoms with Crippen LogP contribution in [0.2, 0.25) is 0 Å². The Morgan fingerprint density at radius 3 is 2.58 bits per heavy atom. The number of hydrogen-bond acceptors (Lipinski definition) is 2. The van der Waals surface area contributed by atoms with E-state index in [1.807, 2.05) is 0 Å². The van der Waals surface area contributed by atoms with Gasteiger partial charge >= 0.3 is 0 Å². The summed E-state index contributed by atoms with van der Waals surface area (Å²) in [6.45, 7) is 5.40. The van der Waals surface area contributed by atoms with Crippen molar-refractivity contribution in [3.63, 3.8) is 0 Å². The molecule has 2 nitrogen and oxygen atoms in total. The van der Waals surface area contributed by atoms with Crippen LogP contribution in [0.5, 0.6) is 0 Å². The third kappa shape index (κ3) is 3.37. The Bertz CT molecular complexity index is 133. The van der Waals surface area contributed by atoms with Crippen LogP contribution in [0.25, 0.3) is 0 Å². The van der Waals surface area contributed by atoms with Crippen LogP contribution in [0.3, 0.4) is 0 Å². The molecule has 1 aliphatic carbocycles. The summed E-state index contributed by atoms with van der Waals surface area (Å²) in [6.07, 6.45) is 5.01. The quantitative estimate of drug-likeness (QED) is 0.475. The molecule has 1 saturated carbocycles. The Morgan fingerprint density at radius 1 is 1.33 bits per heavy atom. The van der Waals surface area contributed by atoms with Gasteiger partial charge < -0.3 is 9.47 Å². The van der Waals surface area contributed by atoms with E-state index in [1.54, 1.807) is 7.11 Å². The molecule has 0 atom stereocenters. The topological polar surface area (TPSA) is 18.5 Å². The van der Waals surface area contributed by atoms with Crippen molar-refractivity contribution in [1.29, 1.82) is 0 Å². The highest BCUT2D eigenvalue weighted by atomic mass is 16.5. The summed E-state index contributed by atoms with van der Waals surface area (Å²) < 4.78 is 10.5. The van der Waals surface area contributed by atoms with Crippen LogP contribution in [-0.4, -0.2) is 26.4 Å². The average Bonchev–Trinajstić information content (AvgIpc) is 2.09. The first-order valence-corrected chi connectivity index (χ1v) is 4.60. The lowest BCUT2D eigenvalue weighted by Crippen LogP contribution is -2.19. The number of hydrogen-bond donors (Lipinski definition) is 0. The predicted octanol–water partition coefficient (Wildman–Crippen LogP) is 2.15. The maximum Gasteiger partial charge on any atom is 0.0704 e. The van der Waals surface area contributed by atoms with Gasteiger partial charge in [0.1, 0.15) is 0 Å². The lowest BCUT2D eigenvalue weighted by molar-refractivity contribution is 0.00493. The molecule has 1 rings (SSSR count). The molecule has 2 heteroatoms. The molecule has 0 bridgehead atoms. The number of ether oxygens (including phenoxy) is 2. The normalized spacial score (nSPS) is 19.9. The molecule has 0 aromatic carbocycles. The van der Waals surface area contributed by atoms with E-state index in [0.717, 1.165) is 32.3 Å². The first-order valence-electron chi connectivity index (χ1n) is 4.60. The molecule has 1 fully saturated rings. The van der Waals surface area contributed by atoms with Gasteiger partial charge in [-0.3, -0.25) is 0 Å². The fourth-order valence-corrected chi connectivity index (χ4v) is 1.46. The van der Waals surface area contributed by atoms with Gasteiger partial charge in [0, 0.05) is 7.11 Å². The SMILES string of the molecule is C=C1CCC(OCCOC)CC1. The Kier molecular flexibility index (Phi) is 4.33. The van der Waals surface area contributed by atoms with Gasteiger partial charge in [-0.05, 0) is 25.7 Å². The van der Waals surface area contributed by atoms with Crippen molar-refractivity contribution in [1.82, 2.24) is 0 Å². The molecule has 70 valence electrons. The summed E-state index contributed by atoms with van der Waals surface area (Å²) in [5.41, 5.74) is 1.38. The summed E-state index contributed by atoms with van der Waals surface area (Å²) in [7, 11) is 1.70. The first kappa shape index (κ1) is 9.75. The van der Waals surface area contributed by atoms with Gasteiger partial charge in [0.2, 0.25) is 0 Å². The van der Waals surface area contributed by atoms with Crippen molar-refractivity contribution in [2.45, 2.75) is 31.8 Å². The molecule has 0 spiro atoms. The molecule has 0 saturated heterocycles. The lowest BCUT2D eigenvalue weighted by Gasteiger charge is -2.23. The molecule has 0 N–H and O–H groups in total. The Morgan fingerprint density at radius 2 is 2.00 bits per heavy atom. The highest BCUT2D eigenvalue weighted by molar-refractivity contribution is 4.98. The molecule has 0 aromatic rings. The highest BCUT2D eigenvalue weighted by Crippen LogP contribution is 2.23. The van der Waals surface area contributed by atoms with E-state index in [2.05, 4.69) is 6.58 Å². The van der Waals surface area contributed by atoms with E-state index in [1.165, 1.54) is 5.57 Å². The zero-order chi connectivity index (χ0) is 8.81. The second kappa shape index (κ2) is 5.33. The van der Waals surface area contributed by atoms with Crippen LogP contribution in [0.15, 0.2) is 12.2 Å². The van der Waals surface area contributed by atoms with Crippen molar-refractivity contribution < 1.29 is 9.47 Å². The molecule has 0 heterocycles. The smallest absolute Gasteiger partial charge is 0.0704 e. The van der Waals surface area contributed by atoms with Gasteiger partial charge in [-0.1, -0.05) is 12.2 Å². The van der Waals surface area contributed by atoms with Crippen molar-refractivity contribution in [3.05, 3.63) is 12.2 Å². The van der Waals surface area contributed by atoms with Crippen LogP contribution >= 0.6 is 0 Å². The Balaban J connectivity index is 2.05. The van der Waals surface area contributed by atoms with Crippen LogP contribution in [0, 0.1) is 0 Å². The second-order valence-corrected chi connectivity index (χ2v) is 3.31. The molecular formula is C10H18O2. The number of allylic oxidation sites excluding steroid dienone is 1. The maximum absolute atomic E-state index is 5.61. The van der Waals surface area contributed by atoms with Crippen LogP contribution in [-0.2, 0) is 9.47 Å². The zero-order valence-corrected chi connectivity index (χ0v) is 7.84. The van der Waals surface area contributed by atoms with E-state index in [9.17, 15) is 0 Å². The third-order valence-electron chi connectivity index (χ3n) is 2.28. The van der Waals surface area contributed by atoms with E-state index in [4.69, 9.17) is 9.47 Å². The molecule has 0 aromatic heterocycles. The van der Waals surface area contributed by atoms with Gasteiger partial charge in [0.05, 0.1) is 19.3 Å². The summed E-state index contributed by atoms with van der Waals surface area (Å²) in [4.78, 5) is 0. The third-order valence-corrected chi connectivity index (χ3v) is 2.28. The molecule has 1 aliphatic rings. The minimum Gasteiger partial charge on any atom is -0.382 e. The van der Waals surface area contributed by atoms with Gasteiger partial charge in [-0.15, -0.1) is 0 Å². The lowest BCUT2D eigenvalue weighted by atomic mass is 9.94. The van der Waals surface area contributed by atoms with Crippen LogP contribution in [0.1, 0.15) is 25.7 Å². The maximum atomic E-state index is 5.61. The van der Waals surface area contributed by atoms with Gasteiger partial charge in [-0.25, -0.2) is 0 Å².